The molecule has 2 saturated heterocycles. The van der Waals surface area contributed by atoms with Crippen molar-refractivity contribution in [3.8, 4) is 0 Å². The van der Waals surface area contributed by atoms with Gasteiger partial charge in [0, 0.05) is 41.3 Å². The number of rotatable bonds is 10. The Morgan fingerprint density at radius 2 is 1.71 bits per heavy atom. The molecule has 0 bridgehead atoms. The van der Waals surface area contributed by atoms with Crippen LogP contribution in [0.4, 0.5) is 17.1 Å². The van der Waals surface area contributed by atoms with E-state index in [9.17, 15) is 19.8 Å². The lowest BCUT2D eigenvalue weighted by Gasteiger charge is -2.39. The molecule has 7 rings (SSSR count). The van der Waals surface area contributed by atoms with Crippen molar-refractivity contribution in [3.63, 3.8) is 0 Å². The first-order chi connectivity index (χ1) is 23.3. The van der Waals surface area contributed by atoms with Gasteiger partial charge in [-0.1, -0.05) is 72.8 Å². The molecule has 0 radical (unpaired) electrons. The fourth-order valence-electron chi connectivity index (χ4n) is 7.37. The highest BCUT2D eigenvalue weighted by Gasteiger charge is 2.54. The molecule has 1 spiro atoms. The minimum absolute atomic E-state index is 0.0342. The number of piperidine rings is 1. The fourth-order valence-corrected chi connectivity index (χ4v) is 7.37. The van der Waals surface area contributed by atoms with Crippen LogP contribution >= 0.6 is 0 Å². The molecule has 1 aromatic heterocycles. The quantitative estimate of drug-likeness (QED) is 0.191. The summed E-state index contributed by atoms with van der Waals surface area (Å²) in [6, 6.07) is 25.2. The topological polar surface area (TPSA) is 136 Å². The minimum atomic E-state index is -1.80. The molecule has 11 heteroatoms. The molecule has 3 aliphatic heterocycles. The molecule has 248 valence electrons. The van der Waals surface area contributed by atoms with E-state index in [0.717, 1.165) is 24.3 Å². The van der Waals surface area contributed by atoms with Gasteiger partial charge in [-0.05, 0) is 68.2 Å². The van der Waals surface area contributed by atoms with Gasteiger partial charge in [0.25, 0.3) is 11.8 Å². The van der Waals surface area contributed by atoms with Crippen molar-refractivity contribution in [2.45, 2.75) is 49.8 Å². The van der Waals surface area contributed by atoms with E-state index in [1.807, 2.05) is 92.0 Å². The predicted octanol–water partition coefficient (Wildman–Crippen LogP) is 3.76. The van der Waals surface area contributed by atoms with Crippen molar-refractivity contribution in [3.05, 3.63) is 114 Å². The first-order valence-corrected chi connectivity index (χ1v) is 16.6. The van der Waals surface area contributed by atoms with Gasteiger partial charge in [-0.25, -0.2) is 0 Å². The van der Waals surface area contributed by atoms with Crippen LogP contribution in [0.5, 0.6) is 0 Å². The maximum atomic E-state index is 14.2. The normalized spacial score (nSPS) is 21.6. The first-order valence-electron chi connectivity index (χ1n) is 16.6. The molecule has 0 aliphatic carbocycles. The summed E-state index contributed by atoms with van der Waals surface area (Å²) in [4.78, 5) is 31.5. The van der Waals surface area contributed by atoms with Crippen molar-refractivity contribution in [2.75, 3.05) is 41.5 Å². The van der Waals surface area contributed by atoms with Gasteiger partial charge in [0.05, 0.1) is 24.9 Å². The zero-order valence-corrected chi connectivity index (χ0v) is 27.0. The highest BCUT2D eigenvalue weighted by atomic mass is 16.3. The third-order valence-corrected chi connectivity index (χ3v) is 10.2. The summed E-state index contributed by atoms with van der Waals surface area (Å²) in [5.74, 6) is -1.26. The van der Waals surface area contributed by atoms with E-state index in [4.69, 9.17) is 0 Å². The molecule has 3 atom stereocenters. The van der Waals surface area contributed by atoms with Crippen molar-refractivity contribution in [1.82, 2.24) is 20.3 Å². The van der Waals surface area contributed by atoms with Crippen LogP contribution < -0.4 is 20.4 Å². The number of nitrogens with one attached hydrogen (secondary N) is 2. The monoisotopic (exact) mass is 647 g/mol. The Morgan fingerprint density at radius 1 is 0.979 bits per heavy atom. The van der Waals surface area contributed by atoms with Crippen molar-refractivity contribution in [1.29, 1.82) is 0 Å². The summed E-state index contributed by atoms with van der Waals surface area (Å²) >= 11 is 0. The largest absolute Gasteiger partial charge is 0.395 e. The zero-order valence-electron chi connectivity index (χ0n) is 27.0. The molecule has 2 amide bonds. The molecule has 4 heterocycles. The van der Waals surface area contributed by atoms with E-state index in [1.54, 1.807) is 21.7 Å². The number of allylic oxidation sites excluding steroid dienone is 1. The number of hydrogen-bond acceptors (Lipinski definition) is 8. The SMILES string of the molecule is C[C@@H](/C=C/CCn1cc(C(CO)c2ccccc2)nn1)[C@]1(O)C(=O)Nc2ccc(N3CN(c4ccccc4)C4(CCNCC4)C3=O)cc21. The Kier molecular flexibility index (Phi) is 8.59. The minimum Gasteiger partial charge on any atom is -0.395 e. The number of nitrogens with zero attached hydrogens (tertiary/aromatic N) is 5. The first kappa shape index (κ1) is 31.7. The molecule has 2 fully saturated rings. The number of aliphatic hydroxyl groups excluding tert-OH is 1. The number of amides is 2. The molecule has 4 N–H and O–H groups in total. The second-order valence-electron chi connectivity index (χ2n) is 12.9. The fraction of sp³-hybridized carbons (Fsp3) is 0.351. The number of para-hydroxylation sites is 1. The summed E-state index contributed by atoms with van der Waals surface area (Å²) in [5.41, 5.74) is 1.86. The lowest BCUT2D eigenvalue weighted by molar-refractivity contribution is -0.137. The van der Waals surface area contributed by atoms with Crippen LogP contribution in [0.2, 0.25) is 0 Å². The Hall–Kier alpha value is -4.84. The van der Waals surface area contributed by atoms with E-state index >= 15 is 0 Å². The van der Waals surface area contributed by atoms with Crippen LogP contribution in [0.25, 0.3) is 0 Å². The third-order valence-electron chi connectivity index (χ3n) is 10.2. The van der Waals surface area contributed by atoms with Gasteiger partial charge < -0.3 is 25.7 Å². The third kappa shape index (κ3) is 5.47. The molecule has 3 aliphatic rings. The summed E-state index contributed by atoms with van der Waals surface area (Å²) < 4.78 is 1.73. The lowest BCUT2D eigenvalue weighted by atomic mass is 9.82. The standard InChI is InChI=1S/C37H41N7O4/c1-26(10-8-9-21-42-23-33(40-41-42)30(24-45)27-11-4-2-5-12-27)37(48)31-22-29(15-16-32(31)39-34(37)46)43-25-44(28-13-6-3-7-14-28)36(35(43)47)17-19-38-20-18-36/h2-8,10-16,22-23,26,30,38,45,48H,9,17-21,24-25H2,1H3,(H,39,46)/b10-8+/t26-,30?,37+/m0/s1. The Labute approximate surface area is 279 Å². The lowest BCUT2D eigenvalue weighted by Crippen LogP contribution is -2.55. The maximum Gasteiger partial charge on any atom is 0.261 e. The number of benzene rings is 3. The van der Waals surface area contributed by atoms with Crippen LogP contribution in [0.1, 0.15) is 48.9 Å². The van der Waals surface area contributed by atoms with Crippen LogP contribution in [0.3, 0.4) is 0 Å². The number of aliphatic hydroxyl groups is 2. The molecule has 0 saturated carbocycles. The van der Waals surface area contributed by atoms with Crippen LogP contribution in [-0.4, -0.2) is 68.9 Å². The summed E-state index contributed by atoms with van der Waals surface area (Å²) in [5, 5.41) is 36.7. The van der Waals surface area contributed by atoms with Crippen LogP contribution in [-0.2, 0) is 21.7 Å². The van der Waals surface area contributed by atoms with Gasteiger partial charge in [-0.2, -0.15) is 0 Å². The number of hydrogen-bond donors (Lipinski definition) is 4. The van der Waals surface area contributed by atoms with Crippen molar-refractivity contribution >= 4 is 28.9 Å². The molecule has 48 heavy (non-hydrogen) atoms. The smallest absolute Gasteiger partial charge is 0.261 e. The van der Waals surface area contributed by atoms with Crippen LogP contribution in [0.15, 0.2) is 97.2 Å². The van der Waals surface area contributed by atoms with E-state index in [-0.39, 0.29) is 18.4 Å². The zero-order chi connectivity index (χ0) is 33.3. The second kappa shape index (κ2) is 13.0. The molecule has 4 aromatic rings. The summed E-state index contributed by atoms with van der Waals surface area (Å²) in [7, 11) is 0. The Morgan fingerprint density at radius 3 is 2.44 bits per heavy atom. The van der Waals surface area contributed by atoms with E-state index in [1.165, 1.54) is 0 Å². The van der Waals surface area contributed by atoms with Crippen LogP contribution in [0, 0.1) is 5.92 Å². The van der Waals surface area contributed by atoms with Gasteiger partial charge in [0.2, 0.25) is 0 Å². The van der Waals surface area contributed by atoms with E-state index in [2.05, 4.69) is 25.8 Å². The van der Waals surface area contributed by atoms with Gasteiger partial charge in [-0.15, -0.1) is 5.10 Å². The number of aromatic nitrogens is 3. The number of aryl methyl sites for hydroxylation is 1. The molecule has 1 unspecified atom stereocenters. The van der Waals surface area contributed by atoms with E-state index in [0.29, 0.717) is 55.1 Å². The second-order valence-corrected chi connectivity index (χ2v) is 12.9. The predicted molar refractivity (Wildman–Crippen MR) is 183 cm³/mol. The summed E-state index contributed by atoms with van der Waals surface area (Å²) in [6.07, 6.45) is 7.61. The molecule has 11 nitrogen and oxygen atoms in total. The Balaban J connectivity index is 1.07. The van der Waals surface area contributed by atoms with Gasteiger partial charge in [0.1, 0.15) is 5.54 Å². The molecular formula is C37H41N7O4. The van der Waals surface area contributed by atoms with Gasteiger partial charge in [-0.3, -0.25) is 19.2 Å². The molecular weight excluding hydrogens is 606 g/mol. The van der Waals surface area contributed by atoms with Gasteiger partial charge >= 0.3 is 0 Å². The highest BCUT2D eigenvalue weighted by Crippen LogP contribution is 2.45. The van der Waals surface area contributed by atoms with E-state index < -0.39 is 23.0 Å². The number of carbonyl (C=O) groups excluding carboxylic acids is 2. The number of carbonyl (C=O) groups is 2. The van der Waals surface area contributed by atoms with Gasteiger partial charge in [0.15, 0.2) is 5.60 Å². The number of fused-ring (bicyclic) bond motifs is 1. The Bertz CT molecular complexity index is 1800. The average molecular weight is 648 g/mol. The molecule has 3 aromatic carbocycles. The summed E-state index contributed by atoms with van der Waals surface area (Å²) in [6.45, 7) is 4.18. The van der Waals surface area contributed by atoms with Crippen molar-refractivity contribution < 1.29 is 19.8 Å². The maximum absolute atomic E-state index is 14.2. The average Bonchev–Trinajstić information content (AvgIpc) is 3.77. The van der Waals surface area contributed by atoms with Crippen molar-refractivity contribution in [2.24, 2.45) is 5.92 Å². The highest BCUT2D eigenvalue weighted by molar-refractivity contribution is 6.08. The number of anilines is 3.